The predicted octanol–water partition coefficient (Wildman–Crippen LogP) is 9.39. The van der Waals surface area contributed by atoms with Crippen LogP contribution < -0.4 is 24.5 Å². The van der Waals surface area contributed by atoms with Crippen LogP contribution in [-0.2, 0) is 24.6 Å². The Labute approximate surface area is 374 Å². The molecule has 0 spiro atoms. The summed E-state index contributed by atoms with van der Waals surface area (Å²) in [4.78, 5) is 61.2. The van der Waals surface area contributed by atoms with Crippen molar-refractivity contribution in [3.63, 3.8) is 0 Å². The number of halogens is 2. The van der Waals surface area contributed by atoms with Crippen molar-refractivity contribution in [3.8, 4) is 23.0 Å². The quantitative estimate of drug-likeness (QED) is 0.0800. The van der Waals surface area contributed by atoms with Crippen molar-refractivity contribution >= 4 is 70.4 Å². The van der Waals surface area contributed by atoms with Gasteiger partial charge in [-0.25, -0.2) is 0 Å². The van der Waals surface area contributed by atoms with Crippen molar-refractivity contribution in [2.45, 2.75) is 31.1 Å². The minimum atomic E-state index is -1.53. The van der Waals surface area contributed by atoms with Crippen LogP contribution in [0.25, 0.3) is 12.2 Å². The Balaban J connectivity index is 1.12. The van der Waals surface area contributed by atoms with E-state index in [1.807, 2.05) is 54.6 Å². The summed E-state index contributed by atoms with van der Waals surface area (Å²) < 4.78 is 16.4. The predicted molar refractivity (Wildman–Crippen MR) is 241 cm³/mol. The molecule has 4 aliphatic rings. The van der Waals surface area contributed by atoms with E-state index in [-0.39, 0.29) is 35.4 Å². The highest BCUT2D eigenvalue weighted by Crippen LogP contribution is 2.64. The molecule has 320 valence electrons. The van der Waals surface area contributed by atoms with Gasteiger partial charge in [0.25, 0.3) is 11.8 Å². The van der Waals surface area contributed by atoms with Gasteiger partial charge in [0.1, 0.15) is 23.0 Å². The van der Waals surface area contributed by atoms with E-state index in [1.54, 1.807) is 88.9 Å². The molecule has 1 saturated carbocycles. The molecular formula is C50H43Cl2N3O8. The molecule has 4 amide bonds. The molecule has 63 heavy (non-hydrogen) atoms. The number of phenols is 1. The molecule has 9 rings (SSSR count). The number of hydrazine groups is 1. The van der Waals surface area contributed by atoms with E-state index in [9.17, 15) is 14.7 Å². The number of fused-ring (bicyclic) bond motifs is 4. The summed E-state index contributed by atoms with van der Waals surface area (Å²) in [5, 5.41) is 12.3. The van der Waals surface area contributed by atoms with Crippen molar-refractivity contribution in [2.24, 2.45) is 23.7 Å². The first-order chi connectivity index (χ1) is 30.4. The third-order valence-corrected chi connectivity index (χ3v) is 13.7. The number of phenolic OH excluding ortho intramolecular Hbond substituents is 1. The molecule has 2 saturated heterocycles. The van der Waals surface area contributed by atoms with Crippen LogP contribution in [0.4, 0.5) is 11.4 Å². The van der Waals surface area contributed by atoms with Crippen molar-refractivity contribution < 1.29 is 38.5 Å². The number of methoxy groups -OCH3 is 3. The smallest absolute Gasteiger partial charge is 0.260 e. The number of amides is 4. The molecule has 3 fully saturated rings. The third kappa shape index (κ3) is 6.81. The molecule has 2 heterocycles. The first kappa shape index (κ1) is 41.8. The van der Waals surface area contributed by atoms with Gasteiger partial charge in [0, 0.05) is 16.5 Å². The summed E-state index contributed by atoms with van der Waals surface area (Å²) in [5.74, 6) is -3.55. The second-order valence-corrected chi connectivity index (χ2v) is 17.1. The number of aromatic hydroxyl groups is 1. The van der Waals surface area contributed by atoms with Gasteiger partial charge in [0.15, 0.2) is 0 Å². The van der Waals surface area contributed by atoms with Crippen LogP contribution in [0.15, 0.2) is 115 Å². The van der Waals surface area contributed by atoms with Gasteiger partial charge in [-0.1, -0.05) is 83.4 Å². The Hall–Kier alpha value is -6.56. The van der Waals surface area contributed by atoms with E-state index in [4.69, 9.17) is 37.4 Å². The molecule has 5 aromatic rings. The van der Waals surface area contributed by atoms with E-state index in [0.29, 0.717) is 50.3 Å². The van der Waals surface area contributed by atoms with Crippen molar-refractivity contribution in [2.75, 3.05) is 31.7 Å². The number of aryl methyl sites for hydroxylation is 1. The Morgan fingerprint density at radius 3 is 2.17 bits per heavy atom. The maximum Gasteiger partial charge on any atom is 0.260 e. The summed E-state index contributed by atoms with van der Waals surface area (Å²) in [6.45, 7) is 1.77. The lowest BCUT2D eigenvalue weighted by molar-refractivity contribution is -0.138. The number of rotatable bonds is 10. The summed E-state index contributed by atoms with van der Waals surface area (Å²) in [6, 6.07) is 29.7. The molecule has 11 nitrogen and oxygen atoms in total. The van der Waals surface area contributed by atoms with Crippen molar-refractivity contribution in [1.82, 2.24) is 5.01 Å². The molecule has 6 atom stereocenters. The summed E-state index contributed by atoms with van der Waals surface area (Å²) in [7, 11) is 4.75. The third-order valence-electron chi connectivity index (χ3n) is 13.2. The fraction of sp³-hybridized carbons (Fsp3) is 0.240. The summed E-state index contributed by atoms with van der Waals surface area (Å²) in [6.07, 6.45) is 6.17. The maximum atomic E-state index is 15.5. The first-order valence-electron chi connectivity index (χ1n) is 20.5. The minimum absolute atomic E-state index is 0.0714. The zero-order chi connectivity index (χ0) is 44.3. The number of carbonyl (C=O) groups is 4. The van der Waals surface area contributed by atoms with E-state index >= 15 is 9.59 Å². The Kier molecular flexibility index (Phi) is 10.8. The maximum absolute atomic E-state index is 15.5. The van der Waals surface area contributed by atoms with E-state index in [2.05, 4.69) is 5.43 Å². The van der Waals surface area contributed by atoms with Crippen LogP contribution in [0.2, 0.25) is 10.0 Å². The summed E-state index contributed by atoms with van der Waals surface area (Å²) in [5.41, 5.74) is 6.49. The number of benzene rings is 5. The highest BCUT2D eigenvalue weighted by Gasteiger charge is 2.70. The Morgan fingerprint density at radius 2 is 1.49 bits per heavy atom. The molecule has 0 aromatic heterocycles. The number of hydrogen-bond acceptors (Lipinski definition) is 9. The standard InChI is InChI=1S/C50H43Cl2N3O8/c1-27-23-30(9-21-42(27)56)45-36-18-19-37-44(48(59)54(46(37)57)33-13-6-28(7-14-33)5-8-29-24-35(62-3)17-22-43(29)63-4)38(36)26-39-47(58)55(53-41-20-12-32(51)25-40(41)52)49(60)50(39,45)31-10-15-34(61-2)16-11-31/h5-18,20-25,37-39,44-45,53,56H,19,26H2,1-4H3. The SMILES string of the molecule is COc1ccc(C23C(=O)N(Nc4ccc(Cl)cc4Cl)C(=O)C2CC2C(=CCC4C(=O)N(c5ccc(C=Cc6cc(OC)ccc6OC)cc5)C(=O)C42)C3c2ccc(O)c(C)c2)cc1. The number of nitrogens with zero attached hydrogens (tertiary/aromatic N) is 2. The number of hydrogen-bond donors (Lipinski definition) is 2. The molecule has 2 aliphatic heterocycles. The van der Waals surface area contributed by atoms with Gasteiger partial charge in [-0.3, -0.25) is 29.5 Å². The van der Waals surface area contributed by atoms with Crippen molar-refractivity contribution in [3.05, 3.63) is 153 Å². The Bertz CT molecular complexity index is 2750. The van der Waals surface area contributed by atoms with Crippen LogP contribution in [0.3, 0.4) is 0 Å². The van der Waals surface area contributed by atoms with E-state index in [0.717, 1.165) is 21.7 Å². The van der Waals surface area contributed by atoms with Crippen molar-refractivity contribution in [1.29, 1.82) is 0 Å². The van der Waals surface area contributed by atoms with Crippen LogP contribution in [0, 0.1) is 30.6 Å². The normalized spacial score (nSPS) is 24.0. The van der Waals surface area contributed by atoms with Crippen LogP contribution >= 0.6 is 23.2 Å². The number of carbonyl (C=O) groups excluding carboxylic acids is 4. The minimum Gasteiger partial charge on any atom is -0.508 e. The largest absolute Gasteiger partial charge is 0.508 e. The zero-order valence-corrected chi connectivity index (χ0v) is 36.3. The fourth-order valence-electron chi connectivity index (χ4n) is 10.2. The highest BCUT2D eigenvalue weighted by molar-refractivity contribution is 6.36. The average Bonchev–Trinajstić information content (AvgIpc) is 3.67. The van der Waals surface area contributed by atoms with Gasteiger partial charge in [-0.2, -0.15) is 5.01 Å². The zero-order valence-electron chi connectivity index (χ0n) is 34.8. The average molecular weight is 885 g/mol. The van der Waals surface area contributed by atoms with Crippen LogP contribution in [0.1, 0.15) is 46.6 Å². The van der Waals surface area contributed by atoms with Gasteiger partial charge >= 0.3 is 0 Å². The van der Waals surface area contributed by atoms with E-state index < -0.39 is 46.8 Å². The Morgan fingerprint density at radius 1 is 0.762 bits per heavy atom. The van der Waals surface area contributed by atoms with Gasteiger partial charge in [-0.05, 0) is 115 Å². The van der Waals surface area contributed by atoms with Gasteiger partial charge < -0.3 is 19.3 Å². The molecule has 13 heteroatoms. The molecule has 2 aliphatic carbocycles. The summed E-state index contributed by atoms with van der Waals surface area (Å²) >= 11 is 12.8. The second kappa shape index (κ2) is 16.3. The molecule has 0 bridgehead atoms. The van der Waals surface area contributed by atoms with Gasteiger partial charge in [-0.15, -0.1) is 0 Å². The number of ether oxygens (including phenoxy) is 3. The lowest BCUT2D eigenvalue weighted by Crippen LogP contribution is -2.53. The second-order valence-electron chi connectivity index (χ2n) is 16.3. The topological polar surface area (TPSA) is 135 Å². The van der Waals surface area contributed by atoms with Gasteiger partial charge in [0.05, 0.1) is 60.9 Å². The van der Waals surface area contributed by atoms with Crippen LogP contribution in [0.5, 0.6) is 23.0 Å². The fourth-order valence-corrected chi connectivity index (χ4v) is 10.7. The highest BCUT2D eigenvalue weighted by atomic mass is 35.5. The molecule has 5 aromatic carbocycles. The molecular weight excluding hydrogens is 841 g/mol. The number of nitrogens with one attached hydrogen (secondary N) is 1. The van der Waals surface area contributed by atoms with Gasteiger partial charge in [0.2, 0.25) is 11.8 Å². The lowest BCUT2D eigenvalue weighted by Gasteiger charge is -2.50. The molecule has 6 unspecified atom stereocenters. The number of imide groups is 2. The monoisotopic (exact) mass is 883 g/mol. The molecule has 0 radical (unpaired) electrons. The van der Waals surface area contributed by atoms with Crippen LogP contribution in [-0.4, -0.2) is 55.1 Å². The molecule has 2 N–H and O–H groups in total. The van der Waals surface area contributed by atoms with E-state index in [1.165, 1.54) is 11.0 Å². The number of anilines is 2. The first-order valence-corrected chi connectivity index (χ1v) is 21.3. The lowest BCUT2D eigenvalue weighted by atomic mass is 9.49. The number of allylic oxidation sites excluding steroid dienone is 2.